The summed E-state index contributed by atoms with van der Waals surface area (Å²) in [5.41, 5.74) is 7.09. The Balaban J connectivity index is 1.45. The first-order valence-corrected chi connectivity index (χ1v) is 8.47. The third-order valence-corrected chi connectivity index (χ3v) is 4.54. The van der Waals surface area contributed by atoms with E-state index in [0.29, 0.717) is 11.4 Å². The monoisotopic (exact) mass is 359 g/mol. The van der Waals surface area contributed by atoms with E-state index in [4.69, 9.17) is 24.7 Å². The molecule has 0 amide bonds. The number of rotatable bonds is 3. The molecular weight excluding hydrogens is 338 g/mol. The molecule has 7 nitrogen and oxygen atoms in total. The van der Waals surface area contributed by atoms with Crippen LogP contribution in [0.1, 0.15) is 11.9 Å². The number of anilines is 1. The molecule has 138 valence electrons. The summed E-state index contributed by atoms with van der Waals surface area (Å²) in [5.74, 6) is 0.480. The summed E-state index contributed by atoms with van der Waals surface area (Å²) in [6.07, 6.45) is -5.33. The lowest BCUT2D eigenvalue weighted by Gasteiger charge is -2.46. The average Bonchev–Trinajstić information content (AvgIpc) is 2.68. The fraction of sp³-hybridized carbons (Fsp3) is 0.368. The van der Waals surface area contributed by atoms with Crippen molar-refractivity contribution in [1.82, 2.24) is 0 Å². The van der Waals surface area contributed by atoms with Crippen molar-refractivity contribution >= 4 is 5.69 Å². The van der Waals surface area contributed by atoms with Crippen LogP contribution in [0.5, 0.6) is 5.75 Å². The van der Waals surface area contributed by atoms with E-state index in [0.717, 1.165) is 5.56 Å². The summed E-state index contributed by atoms with van der Waals surface area (Å²) in [7, 11) is 0. The Bertz CT molecular complexity index is 723. The summed E-state index contributed by atoms with van der Waals surface area (Å²) in [5, 5.41) is 20.9. The van der Waals surface area contributed by atoms with Gasteiger partial charge in [0.15, 0.2) is 6.29 Å². The standard InChI is InChI=1S/C19H21NO6/c20-12-6-8-13(9-7-12)24-19-16(22)15(21)17-14(25-19)10-23-18(26-17)11-4-2-1-3-5-11/h1-9,14-19,21-22H,10,20H2/t14-,15-,16-,17+,18?,19+/m1/s1. The minimum absolute atomic E-state index is 0.218. The first-order valence-electron chi connectivity index (χ1n) is 8.47. The van der Waals surface area contributed by atoms with Crippen LogP contribution in [-0.2, 0) is 14.2 Å². The molecular formula is C19H21NO6. The summed E-state index contributed by atoms with van der Waals surface area (Å²) in [4.78, 5) is 0. The molecule has 26 heavy (non-hydrogen) atoms. The fourth-order valence-corrected chi connectivity index (χ4v) is 3.13. The lowest BCUT2D eigenvalue weighted by molar-refractivity contribution is -0.350. The van der Waals surface area contributed by atoms with Crippen molar-refractivity contribution in [3.63, 3.8) is 0 Å². The highest BCUT2D eigenvalue weighted by molar-refractivity contribution is 5.41. The van der Waals surface area contributed by atoms with Crippen LogP contribution in [0.2, 0.25) is 0 Å². The number of nitrogen functional groups attached to an aromatic ring is 1. The van der Waals surface area contributed by atoms with Gasteiger partial charge in [-0.3, -0.25) is 0 Å². The van der Waals surface area contributed by atoms with Crippen LogP contribution in [0.3, 0.4) is 0 Å². The molecule has 2 aromatic carbocycles. The van der Waals surface area contributed by atoms with Gasteiger partial charge in [-0.15, -0.1) is 0 Å². The SMILES string of the molecule is Nc1ccc(O[C@H]2O[C@@H]3COC(c4ccccc4)O[C@@H]3[C@H](O)[C@H]2O)cc1. The lowest BCUT2D eigenvalue weighted by atomic mass is 9.98. The molecule has 1 unspecified atom stereocenters. The first-order chi connectivity index (χ1) is 12.6. The number of hydrogen-bond donors (Lipinski definition) is 3. The number of aliphatic hydroxyl groups is 2. The molecule has 2 aromatic rings. The van der Waals surface area contributed by atoms with Crippen molar-refractivity contribution < 1.29 is 29.2 Å². The molecule has 0 aromatic heterocycles. The van der Waals surface area contributed by atoms with Gasteiger partial charge in [-0.05, 0) is 24.3 Å². The van der Waals surface area contributed by atoms with Gasteiger partial charge < -0.3 is 34.9 Å². The third-order valence-electron chi connectivity index (χ3n) is 4.54. The molecule has 0 spiro atoms. The maximum Gasteiger partial charge on any atom is 0.229 e. The first kappa shape index (κ1) is 17.3. The van der Waals surface area contributed by atoms with Gasteiger partial charge in [0.1, 0.15) is 30.2 Å². The van der Waals surface area contributed by atoms with Gasteiger partial charge in [0.05, 0.1) is 6.61 Å². The predicted octanol–water partition coefficient (Wildman–Crippen LogP) is 1.21. The second kappa shape index (κ2) is 7.22. The Morgan fingerprint density at radius 2 is 1.65 bits per heavy atom. The van der Waals surface area contributed by atoms with Crippen molar-refractivity contribution in [1.29, 1.82) is 0 Å². The van der Waals surface area contributed by atoms with E-state index in [2.05, 4.69) is 0 Å². The van der Waals surface area contributed by atoms with Crippen LogP contribution >= 0.6 is 0 Å². The van der Waals surface area contributed by atoms with Gasteiger partial charge in [0.2, 0.25) is 6.29 Å². The van der Waals surface area contributed by atoms with E-state index >= 15 is 0 Å². The number of hydrogen-bond acceptors (Lipinski definition) is 7. The van der Waals surface area contributed by atoms with Crippen molar-refractivity contribution in [3.8, 4) is 5.75 Å². The van der Waals surface area contributed by atoms with Gasteiger partial charge in [-0.1, -0.05) is 30.3 Å². The maximum atomic E-state index is 10.5. The Morgan fingerprint density at radius 3 is 2.38 bits per heavy atom. The molecule has 4 N–H and O–H groups in total. The molecule has 6 atom stereocenters. The smallest absolute Gasteiger partial charge is 0.229 e. The van der Waals surface area contributed by atoms with E-state index in [1.807, 2.05) is 30.3 Å². The Kier molecular flexibility index (Phi) is 4.80. The van der Waals surface area contributed by atoms with E-state index < -0.39 is 37.0 Å². The van der Waals surface area contributed by atoms with Crippen LogP contribution in [0.4, 0.5) is 5.69 Å². The van der Waals surface area contributed by atoms with E-state index in [1.54, 1.807) is 24.3 Å². The molecule has 0 saturated carbocycles. The van der Waals surface area contributed by atoms with Gasteiger partial charge in [0.25, 0.3) is 0 Å². The van der Waals surface area contributed by atoms with E-state index in [-0.39, 0.29) is 6.61 Å². The molecule has 2 saturated heterocycles. The summed E-state index contributed by atoms with van der Waals surface area (Å²) in [6, 6.07) is 16.1. The highest BCUT2D eigenvalue weighted by atomic mass is 16.8. The quantitative estimate of drug-likeness (QED) is 0.708. The normalized spacial score (nSPS) is 34.1. The van der Waals surface area contributed by atoms with Crippen LogP contribution in [0.25, 0.3) is 0 Å². The van der Waals surface area contributed by atoms with Crippen molar-refractivity contribution in [2.75, 3.05) is 12.3 Å². The molecule has 2 fully saturated rings. The summed E-state index contributed by atoms with van der Waals surface area (Å²) >= 11 is 0. The number of ether oxygens (including phenoxy) is 4. The second-order valence-corrected chi connectivity index (χ2v) is 6.39. The third kappa shape index (κ3) is 3.40. The van der Waals surface area contributed by atoms with Gasteiger partial charge in [0, 0.05) is 11.3 Å². The Hall–Kier alpha value is -2.16. The number of benzene rings is 2. The molecule has 2 aliphatic rings. The molecule has 0 bridgehead atoms. The van der Waals surface area contributed by atoms with Crippen LogP contribution in [0, 0.1) is 0 Å². The Morgan fingerprint density at radius 1 is 0.923 bits per heavy atom. The topological polar surface area (TPSA) is 103 Å². The number of fused-ring (bicyclic) bond motifs is 1. The minimum atomic E-state index is -1.26. The van der Waals surface area contributed by atoms with Crippen LogP contribution < -0.4 is 10.5 Å². The highest BCUT2D eigenvalue weighted by Gasteiger charge is 2.49. The van der Waals surface area contributed by atoms with Crippen molar-refractivity contribution in [2.45, 2.75) is 37.0 Å². The molecule has 0 aliphatic carbocycles. The van der Waals surface area contributed by atoms with Gasteiger partial charge in [-0.2, -0.15) is 0 Å². The largest absolute Gasteiger partial charge is 0.462 e. The van der Waals surface area contributed by atoms with Crippen LogP contribution in [-0.4, -0.2) is 47.5 Å². The zero-order chi connectivity index (χ0) is 18.1. The van der Waals surface area contributed by atoms with Gasteiger partial charge in [-0.25, -0.2) is 0 Å². The zero-order valence-corrected chi connectivity index (χ0v) is 14.0. The van der Waals surface area contributed by atoms with E-state index in [9.17, 15) is 10.2 Å². The average molecular weight is 359 g/mol. The van der Waals surface area contributed by atoms with Crippen molar-refractivity contribution in [2.24, 2.45) is 0 Å². The van der Waals surface area contributed by atoms with E-state index in [1.165, 1.54) is 0 Å². The Labute approximate surface area is 150 Å². The molecule has 0 radical (unpaired) electrons. The molecule has 4 rings (SSSR count). The summed E-state index contributed by atoms with van der Waals surface area (Å²) in [6.45, 7) is 0.218. The number of aliphatic hydroxyl groups excluding tert-OH is 2. The highest BCUT2D eigenvalue weighted by Crippen LogP contribution is 2.34. The van der Waals surface area contributed by atoms with Gasteiger partial charge >= 0.3 is 0 Å². The minimum Gasteiger partial charge on any atom is -0.462 e. The second-order valence-electron chi connectivity index (χ2n) is 6.39. The van der Waals surface area contributed by atoms with Crippen LogP contribution in [0.15, 0.2) is 54.6 Å². The molecule has 7 heteroatoms. The number of nitrogens with two attached hydrogens (primary N) is 1. The fourth-order valence-electron chi connectivity index (χ4n) is 3.13. The summed E-state index contributed by atoms with van der Waals surface area (Å²) < 4.78 is 23.0. The molecule has 2 aliphatic heterocycles. The molecule has 2 heterocycles. The maximum absolute atomic E-state index is 10.5. The predicted molar refractivity (Wildman–Crippen MR) is 92.2 cm³/mol. The van der Waals surface area contributed by atoms with Crippen molar-refractivity contribution in [3.05, 3.63) is 60.2 Å². The zero-order valence-electron chi connectivity index (χ0n) is 14.0. The lowest BCUT2D eigenvalue weighted by Crippen LogP contribution is -2.62.